The number of pyridine rings is 1. The number of ether oxygens (including phenoxy) is 1. The summed E-state index contributed by atoms with van der Waals surface area (Å²) in [6.45, 7) is 9.12. The van der Waals surface area contributed by atoms with Crippen molar-refractivity contribution < 1.29 is 14.6 Å². The van der Waals surface area contributed by atoms with Crippen LogP contribution in [0.1, 0.15) is 66.6 Å². The van der Waals surface area contributed by atoms with Gasteiger partial charge in [-0.1, -0.05) is 27.2 Å². The van der Waals surface area contributed by atoms with Gasteiger partial charge >= 0.3 is 5.97 Å². The Morgan fingerprint density at radius 2 is 2.04 bits per heavy atom. The van der Waals surface area contributed by atoms with Gasteiger partial charge in [0.25, 0.3) is 5.56 Å². The Bertz CT molecular complexity index is 972. The second-order valence-corrected chi connectivity index (χ2v) is 8.06. The molecule has 1 aliphatic carbocycles. The molecule has 1 atom stereocenters. The van der Waals surface area contributed by atoms with Gasteiger partial charge in [-0.2, -0.15) is 0 Å². The smallest absolute Gasteiger partial charge is 0.341 e. The van der Waals surface area contributed by atoms with E-state index in [1.807, 2.05) is 6.92 Å². The normalized spacial score (nSPS) is 15.3. The average Bonchev–Trinajstić information content (AvgIpc) is 2.64. The molecular weight excluding hydrogens is 354 g/mol. The van der Waals surface area contributed by atoms with Gasteiger partial charge in [-0.05, 0) is 66.5 Å². The number of hydrogen-bond acceptors (Lipinski definition) is 3. The number of carbonyl (C=O) groups is 1. The van der Waals surface area contributed by atoms with E-state index in [1.54, 1.807) is 13.1 Å². The number of carboxylic acid groups (broad SMARTS) is 1. The quantitative estimate of drug-likeness (QED) is 0.744. The minimum Gasteiger partial charge on any atom is -0.493 e. The third kappa shape index (κ3) is 3.46. The van der Waals surface area contributed by atoms with E-state index in [-0.39, 0.29) is 11.5 Å². The molecule has 0 spiro atoms. The van der Waals surface area contributed by atoms with Crippen LogP contribution in [-0.4, -0.2) is 22.2 Å². The zero-order chi connectivity index (χ0) is 20.6. The van der Waals surface area contributed by atoms with Gasteiger partial charge in [0.05, 0.1) is 12.3 Å². The van der Waals surface area contributed by atoms with E-state index in [2.05, 4.69) is 32.9 Å². The van der Waals surface area contributed by atoms with Crippen LogP contribution < -0.4 is 10.3 Å². The van der Waals surface area contributed by atoms with Crippen LogP contribution in [0, 0.1) is 12.8 Å². The summed E-state index contributed by atoms with van der Waals surface area (Å²) in [6, 6.07) is 5.77. The molecule has 0 fully saturated rings. The summed E-state index contributed by atoms with van der Waals surface area (Å²) < 4.78 is 7.49. The van der Waals surface area contributed by atoms with Crippen molar-refractivity contribution in [1.82, 2.24) is 4.57 Å². The monoisotopic (exact) mass is 383 g/mol. The molecular formula is C23H29NO4. The molecule has 1 aromatic heterocycles. The first-order chi connectivity index (χ1) is 13.3. The maximum absolute atomic E-state index is 12.7. The molecule has 5 heteroatoms. The molecule has 28 heavy (non-hydrogen) atoms. The predicted molar refractivity (Wildman–Crippen MR) is 111 cm³/mol. The van der Waals surface area contributed by atoms with Crippen LogP contribution in [0.15, 0.2) is 23.0 Å². The predicted octanol–water partition coefficient (Wildman–Crippen LogP) is 4.53. The fraction of sp³-hybridized carbons (Fsp3) is 0.478. The molecule has 3 rings (SSSR count). The number of aromatic carboxylic acids is 1. The number of nitrogens with zero attached hydrogens (tertiary/aromatic N) is 1. The third-order valence-corrected chi connectivity index (χ3v) is 5.73. The maximum Gasteiger partial charge on any atom is 0.341 e. The zero-order valence-corrected chi connectivity index (χ0v) is 17.3. The second-order valence-electron chi connectivity index (χ2n) is 8.06. The highest BCUT2D eigenvalue weighted by atomic mass is 16.5. The molecule has 0 aliphatic heterocycles. The summed E-state index contributed by atoms with van der Waals surface area (Å²) >= 11 is 0. The number of fused-ring (bicyclic) bond motifs is 3. The Hall–Kier alpha value is -2.56. The Morgan fingerprint density at radius 1 is 1.32 bits per heavy atom. The van der Waals surface area contributed by atoms with Crippen molar-refractivity contribution in [2.45, 2.75) is 52.9 Å². The van der Waals surface area contributed by atoms with Crippen LogP contribution >= 0.6 is 0 Å². The maximum atomic E-state index is 12.7. The lowest BCUT2D eigenvalue weighted by Crippen LogP contribution is -2.30. The fourth-order valence-corrected chi connectivity index (χ4v) is 4.08. The van der Waals surface area contributed by atoms with E-state index < -0.39 is 11.5 Å². The van der Waals surface area contributed by atoms with E-state index in [4.69, 9.17) is 4.74 Å². The van der Waals surface area contributed by atoms with Gasteiger partial charge in [-0.25, -0.2) is 4.79 Å². The average molecular weight is 383 g/mol. The van der Waals surface area contributed by atoms with Gasteiger partial charge in [0.1, 0.15) is 11.3 Å². The number of aromatic nitrogens is 1. The number of hydrogen-bond donors (Lipinski definition) is 1. The Balaban J connectivity index is 2.21. The van der Waals surface area contributed by atoms with E-state index in [0.29, 0.717) is 12.5 Å². The first-order valence-corrected chi connectivity index (χ1v) is 10.00. The summed E-state index contributed by atoms with van der Waals surface area (Å²) in [7, 11) is 1.67. The SMILES string of the molecule is CCCCOc1cc2c(cc1C)-c1c(cc(C(=O)O)c(=O)n1C)C(C(C)C)C2. The van der Waals surface area contributed by atoms with Crippen LogP contribution in [0.2, 0.25) is 0 Å². The molecule has 150 valence electrons. The second kappa shape index (κ2) is 7.82. The van der Waals surface area contributed by atoms with Crippen molar-refractivity contribution in [1.29, 1.82) is 0 Å². The van der Waals surface area contributed by atoms with Crippen LogP contribution in [0.3, 0.4) is 0 Å². The number of benzene rings is 1. The van der Waals surface area contributed by atoms with E-state index in [1.165, 1.54) is 4.57 Å². The van der Waals surface area contributed by atoms with Crippen molar-refractivity contribution >= 4 is 5.97 Å². The number of aryl methyl sites for hydroxylation is 1. The van der Waals surface area contributed by atoms with Crippen molar-refractivity contribution in [3.63, 3.8) is 0 Å². The largest absolute Gasteiger partial charge is 0.493 e. The van der Waals surface area contributed by atoms with E-state index >= 15 is 0 Å². The molecule has 0 radical (unpaired) electrons. The highest BCUT2D eigenvalue weighted by Crippen LogP contribution is 2.44. The number of rotatable bonds is 6. The molecule has 2 aromatic rings. The standard InChI is InChI=1S/C23H29NO4/c1-6-7-8-28-20-11-15-10-16(13(2)3)18-12-19(23(26)27)22(25)24(5)21(18)17(15)9-14(20)4/h9,11-13,16H,6-8,10H2,1-5H3,(H,26,27). The minimum atomic E-state index is -1.17. The molecule has 0 saturated heterocycles. The van der Waals surface area contributed by atoms with Crippen LogP contribution in [0.4, 0.5) is 0 Å². The van der Waals surface area contributed by atoms with Crippen LogP contribution in [0.25, 0.3) is 11.3 Å². The number of unbranched alkanes of at least 4 members (excludes halogenated alkanes) is 1. The molecule has 1 aliphatic rings. The Kier molecular flexibility index (Phi) is 5.64. The lowest BCUT2D eigenvalue weighted by atomic mass is 9.75. The van der Waals surface area contributed by atoms with E-state index in [0.717, 1.165) is 53.0 Å². The zero-order valence-electron chi connectivity index (χ0n) is 17.3. The highest BCUT2D eigenvalue weighted by molar-refractivity contribution is 5.88. The van der Waals surface area contributed by atoms with Crippen molar-refractivity contribution in [3.05, 3.63) is 50.8 Å². The molecule has 0 amide bonds. The van der Waals surface area contributed by atoms with Gasteiger partial charge in [-0.15, -0.1) is 0 Å². The van der Waals surface area contributed by atoms with Gasteiger partial charge in [0, 0.05) is 12.6 Å². The van der Waals surface area contributed by atoms with E-state index in [9.17, 15) is 14.7 Å². The Labute approximate surface area is 166 Å². The van der Waals surface area contributed by atoms with Gasteiger partial charge in [0.15, 0.2) is 0 Å². The van der Waals surface area contributed by atoms with Gasteiger partial charge < -0.3 is 14.4 Å². The molecule has 0 bridgehead atoms. The lowest BCUT2D eigenvalue weighted by molar-refractivity contribution is 0.0694. The van der Waals surface area contributed by atoms with Crippen molar-refractivity contribution in [2.75, 3.05) is 6.61 Å². The van der Waals surface area contributed by atoms with Crippen molar-refractivity contribution in [2.24, 2.45) is 13.0 Å². The van der Waals surface area contributed by atoms with Crippen LogP contribution in [0.5, 0.6) is 5.75 Å². The van der Waals surface area contributed by atoms with Gasteiger partial charge in [0.2, 0.25) is 0 Å². The molecule has 1 unspecified atom stereocenters. The topological polar surface area (TPSA) is 68.5 Å². The van der Waals surface area contributed by atoms with Gasteiger partial charge in [-0.3, -0.25) is 4.79 Å². The molecule has 1 aromatic carbocycles. The summed E-state index contributed by atoms with van der Waals surface area (Å²) in [6.07, 6.45) is 2.91. The molecule has 5 nitrogen and oxygen atoms in total. The molecule has 1 N–H and O–H groups in total. The summed E-state index contributed by atoms with van der Waals surface area (Å²) in [4.78, 5) is 24.2. The summed E-state index contributed by atoms with van der Waals surface area (Å²) in [5, 5.41) is 9.47. The third-order valence-electron chi connectivity index (χ3n) is 5.73. The minimum absolute atomic E-state index is 0.151. The highest BCUT2D eigenvalue weighted by Gasteiger charge is 2.31. The Morgan fingerprint density at radius 3 is 2.64 bits per heavy atom. The molecule has 0 saturated carbocycles. The number of carboxylic acids is 1. The fourth-order valence-electron chi connectivity index (χ4n) is 4.08. The first kappa shape index (κ1) is 20.2. The van der Waals surface area contributed by atoms with Crippen molar-refractivity contribution in [3.8, 4) is 17.0 Å². The molecule has 1 heterocycles. The lowest BCUT2D eigenvalue weighted by Gasteiger charge is -2.32. The summed E-state index contributed by atoms with van der Waals surface area (Å²) in [5.74, 6) is 0.188. The van der Waals surface area contributed by atoms with Crippen LogP contribution in [-0.2, 0) is 13.5 Å². The summed E-state index contributed by atoms with van der Waals surface area (Å²) in [5.41, 5.74) is 4.33. The first-order valence-electron chi connectivity index (χ1n) is 10.00.